The van der Waals surface area contributed by atoms with Crippen molar-refractivity contribution in [3.8, 4) is 0 Å². The van der Waals surface area contributed by atoms with Gasteiger partial charge in [0.25, 0.3) is 0 Å². The van der Waals surface area contributed by atoms with E-state index in [-0.39, 0.29) is 6.03 Å². The predicted octanol–water partition coefficient (Wildman–Crippen LogP) is 3.09. The van der Waals surface area contributed by atoms with Crippen molar-refractivity contribution in [2.45, 2.75) is 34.2 Å². The zero-order valence-corrected chi connectivity index (χ0v) is 12.9. The Morgan fingerprint density at radius 3 is 2.55 bits per heavy atom. The molecule has 20 heavy (non-hydrogen) atoms. The molecule has 2 heterocycles. The molecule has 0 unspecified atom stereocenters. The number of anilines is 1. The molecule has 0 bridgehead atoms. The van der Waals surface area contributed by atoms with Crippen LogP contribution in [-0.2, 0) is 6.54 Å². The van der Waals surface area contributed by atoms with Gasteiger partial charge in [0.05, 0.1) is 12.2 Å². The van der Waals surface area contributed by atoms with Gasteiger partial charge in [0.1, 0.15) is 10.8 Å². The number of hydrogen-bond acceptors (Lipinski definition) is 4. The maximum atomic E-state index is 11.8. The molecular formula is C14H18N4OS. The highest BCUT2D eigenvalue weighted by Gasteiger charge is 2.07. The van der Waals surface area contributed by atoms with Crippen molar-refractivity contribution in [1.29, 1.82) is 0 Å². The molecular weight excluding hydrogens is 272 g/mol. The molecule has 0 radical (unpaired) electrons. The molecule has 0 aliphatic rings. The van der Waals surface area contributed by atoms with Crippen molar-refractivity contribution in [2.24, 2.45) is 0 Å². The van der Waals surface area contributed by atoms with Gasteiger partial charge in [-0.1, -0.05) is 0 Å². The highest BCUT2D eigenvalue weighted by Crippen LogP contribution is 2.16. The number of nitrogens with zero attached hydrogens (tertiary/aromatic N) is 2. The van der Waals surface area contributed by atoms with Gasteiger partial charge in [-0.3, -0.25) is 5.32 Å². The first-order chi connectivity index (χ1) is 9.44. The minimum absolute atomic E-state index is 0.270. The van der Waals surface area contributed by atoms with Crippen LogP contribution in [-0.4, -0.2) is 16.0 Å². The molecule has 2 amide bonds. The molecule has 2 rings (SSSR count). The Bertz CT molecular complexity index is 596. The van der Waals surface area contributed by atoms with Crippen LogP contribution < -0.4 is 10.6 Å². The van der Waals surface area contributed by atoms with E-state index in [0.29, 0.717) is 12.4 Å². The van der Waals surface area contributed by atoms with E-state index in [1.54, 1.807) is 11.3 Å². The van der Waals surface area contributed by atoms with Crippen molar-refractivity contribution in [3.05, 3.63) is 39.0 Å². The standard InChI is InChI=1S/C14H18N4OS/c1-8-5-9(2)16-12(6-8)18-14(19)15-7-13-17-10(3)11(4)20-13/h5-6H,7H2,1-4H3,(H2,15,16,18,19). The fourth-order valence-corrected chi connectivity index (χ4v) is 2.71. The number of nitrogens with one attached hydrogen (secondary N) is 2. The topological polar surface area (TPSA) is 66.9 Å². The smallest absolute Gasteiger partial charge is 0.320 e. The second-order valence-corrected chi connectivity index (χ2v) is 6.02. The largest absolute Gasteiger partial charge is 0.331 e. The van der Waals surface area contributed by atoms with Crippen LogP contribution in [0.25, 0.3) is 0 Å². The molecule has 106 valence electrons. The van der Waals surface area contributed by atoms with Gasteiger partial charge in [0.15, 0.2) is 0 Å². The van der Waals surface area contributed by atoms with Crippen molar-refractivity contribution >= 4 is 23.2 Å². The lowest BCUT2D eigenvalue weighted by Crippen LogP contribution is -2.28. The van der Waals surface area contributed by atoms with E-state index >= 15 is 0 Å². The number of urea groups is 1. The Kier molecular flexibility index (Phi) is 4.34. The Balaban J connectivity index is 1.92. The number of carbonyl (C=O) groups excluding carboxylic acids is 1. The van der Waals surface area contributed by atoms with Gasteiger partial charge >= 0.3 is 6.03 Å². The summed E-state index contributed by atoms with van der Waals surface area (Å²) in [5.41, 5.74) is 2.97. The summed E-state index contributed by atoms with van der Waals surface area (Å²) in [6, 6.07) is 3.53. The Labute approximate surface area is 122 Å². The average molecular weight is 290 g/mol. The molecule has 0 aliphatic carbocycles. The van der Waals surface area contributed by atoms with Crippen LogP contribution in [0, 0.1) is 27.7 Å². The second-order valence-electron chi connectivity index (χ2n) is 4.73. The number of amides is 2. The summed E-state index contributed by atoms with van der Waals surface area (Å²) in [7, 11) is 0. The third-order valence-corrected chi connectivity index (χ3v) is 3.89. The van der Waals surface area contributed by atoms with Crippen molar-refractivity contribution < 1.29 is 4.79 Å². The van der Waals surface area contributed by atoms with E-state index < -0.39 is 0 Å². The second kappa shape index (κ2) is 6.00. The van der Waals surface area contributed by atoms with Gasteiger partial charge in [0.2, 0.25) is 0 Å². The zero-order valence-electron chi connectivity index (χ0n) is 12.1. The lowest BCUT2D eigenvalue weighted by molar-refractivity contribution is 0.251. The highest BCUT2D eigenvalue weighted by atomic mass is 32.1. The number of thiazole rings is 1. The first-order valence-corrected chi connectivity index (χ1v) is 7.19. The molecule has 0 aromatic carbocycles. The average Bonchev–Trinajstić information content (AvgIpc) is 2.65. The molecule has 5 nitrogen and oxygen atoms in total. The first-order valence-electron chi connectivity index (χ1n) is 6.37. The van der Waals surface area contributed by atoms with Gasteiger partial charge in [-0.05, 0) is 45.4 Å². The lowest BCUT2D eigenvalue weighted by Gasteiger charge is -2.07. The van der Waals surface area contributed by atoms with Crippen LogP contribution >= 0.6 is 11.3 Å². The molecule has 0 fully saturated rings. The van der Waals surface area contributed by atoms with Gasteiger partial charge < -0.3 is 5.32 Å². The molecule has 2 aromatic rings. The summed E-state index contributed by atoms with van der Waals surface area (Å²) in [4.78, 5) is 21.6. The van der Waals surface area contributed by atoms with Crippen LogP contribution in [0.5, 0.6) is 0 Å². The Morgan fingerprint density at radius 1 is 1.20 bits per heavy atom. The number of hydrogen-bond donors (Lipinski definition) is 2. The molecule has 2 N–H and O–H groups in total. The summed E-state index contributed by atoms with van der Waals surface area (Å²) in [5.74, 6) is 0.562. The first kappa shape index (κ1) is 14.5. The number of aromatic nitrogens is 2. The Morgan fingerprint density at radius 2 is 1.95 bits per heavy atom. The van der Waals surface area contributed by atoms with Crippen molar-refractivity contribution in [1.82, 2.24) is 15.3 Å². The highest BCUT2D eigenvalue weighted by molar-refractivity contribution is 7.11. The van der Waals surface area contributed by atoms with Crippen LogP contribution in [0.2, 0.25) is 0 Å². The third-order valence-electron chi connectivity index (χ3n) is 2.81. The molecule has 0 atom stereocenters. The maximum absolute atomic E-state index is 11.8. The maximum Gasteiger partial charge on any atom is 0.320 e. The minimum atomic E-state index is -0.270. The third kappa shape index (κ3) is 3.77. The van der Waals surface area contributed by atoms with Crippen LogP contribution in [0.3, 0.4) is 0 Å². The summed E-state index contributed by atoms with van der Waals surface area (Å²) in [6.07, 6.45) is 0. The number of pyridine rings is 1. The van der Waals surface area contributed by atoms with Gasteiger partial charge in [-0.2, -0.15) is 0 Å². The van der Waals surface area contributed by atoms with E-state index in [1.807, 2.05) is 39.8 Å². The fraction of sp³-hybridized carbons (Fsp3) is 0.357. The summed E-state index contributed by atoms with van der Waals surface area (Å²) < 4.78 is 0. The molecule has 2 aromatic heterocycles. The fourth-order valence-electron chi connectivity index (χ4n) is 1.84. The van der Waals surface area contributed by atoms with E-state index in [1.165, 1.54) is 4.88 Å². The minimum Gasteiger partial charge on any atom is -0.331 e. The van der Waals surface area contributed by atoms with E-state index in [2.05, 4.69) is 20.6 Å². The predicted molar refractivity (Wildman–Crippen MR) is 81.2 cm³/mol. The quantitative estimate of drug-likeness (QED) is 0.912. The molecule has 0 spiro atoms. The Hall–Kier alpha value is -1.95. The monoisotopic (exact) mass is 290 g/mol. The SMILES string of the molecule is Cc1cc(C)nc(NC(=O)NCc2nc(C)c(C)s2)c1. The molecule has 0 saturated heterocycles. The van der Waals surface area contributed by atoms with Gasteiger partial charge in [-0.15, -0.1) is 11.3 Å². The van der Waals surface area contributed by atoms with Crippen LogP contribution in [0.4, 0.5) is 10.6 Å². The zero-order chi connectivity index (χ0) is 14.7. The van der Waals surface area contributed by atoms with Crippen LogP contribution in [0.15, 0.2) is 12.1 Å². The summed E-state index contributed by atoms with van der Waals surface area (Å²) in [5, 5.41) is 6.42. The van der Waals surface area contributed by atoms with E-state index in [9.17, 15) is 4.79 Å². The van der Waals surface area contributed by atoms with Crippen LogP contribution in [0.1, 0.15) is 26.8 Å². The number of aryl methyl sites for hydroxylation is 4. The van der Waals surface area contributed by atoms with Gasteiger partial charge in [0, 0.05) is 10.6 Å². The summed E-state index contributed by atoms with van der Waals surface area (Å²) >= 11 is 1.60. The van der Waals surface area contributed by atoms with E-state index in [4.69, 9.17) is 0 Å². The molecule has 6 heteroatoms. The lowest BCUT2D eigenvalue weighted by atomic mass is 10.2. The number of carbonyl (C=O) groups is 1. The normalized spacial score (nSPS) is 10.4. The van der Waals surface area contributed by atoms with Crippen molar-refractivity contribution in [3.63, 3.8) is 0 Å². The number of rotatable bonds is 3. The van der Waals surface area contributed by atoms with Gasteiger partial charge in [-0.25, -0.2) is 14.8 Å². The van der Waals surface area contributed by atoms with Crippen molar-refractivity contribution in [2.75, 3.05) is 5.32 Å². The summed E-state index contributed by atoms with van der Waals surface area (Å²) in [6.45, 7) is 8.29. The van der Waals surface area contributed by atoms with E-state index in [0.717, 1.165) is 22.0 Å². The molecule has 0 saturated carbocycles. The molecule has 0 aliphatic heterocycles.